The Hall–Kier alpha value is -1.69. The topological polar surface area (TPSA) is 64.5 Å². The van der Waals surface area contributed by atoms with Gasteiger partial charge in [0.2, 0.25) is 0 Å². The van der Waals surface area contributed by atoms with Gasteiger partial charge in [-0.2, -0.15) is 0 Å². The molecule has 1 aromatic rings. The van der Waals surface area contributed by atoms with Crippen LogP contribution < -0.4 is 4.90 Å². The van der Waals surface area contributed by atoms with Gasteiger partial charge < -0.3 is 14.4 Å². The van der Waals surface area contributed by atoms with Gasteiger partial charge in [-0.1, -0.05) is 0 Å². The zero-order valence-electron chi connectivity index (χ0n) is 11.3. The molecule has 1 aromatic heterocycles. The lowest BCUT2D eigenvalue weighted by atomic mass is 10.1. The summed E-state index contributed by atoms with van der Waals surface area (Å²) in [5.74, 6) is 0.363. The highest BCUT2D eigenvalue weighted by molar-refractivity contribution is 5.87. The molecule has 0 N–H and O–H groups in total. The van der Waals surface area contributed by atoms with Gasteiger partial charge in [-0.05, 0) is 31.9 Å². The van der Waals surface area contributed by atoms with Crippen LogP contribution in [-0.4, -0.2) is 49.1 Å². The molecule has 0 spiro atoms. The van der Waals surface area contributed by atoms with Gasteiger partial charge in [0.15, 0.2) is 11.5 Å². The minimum absolute atomic E-state index is 0.248. The quantitative estimate of drug-likeness (QED) is 0.764. The largest absolute Gasteiger partial charge is 0.461 e. The number of rotatable bonds is 4. The molecule has 0 unspecified atom stereocenters. The minimum Gasteiger partial charge on any atom is -0.461 e. The van der Waals surface area contributed by atoms with Crippen LogP contribution in [0.1, 0.15) is 30.3 Å². The van der Waals surface area contributed by atoms with Crippen molar-refractivity contribution in [1.29, 1.82) is 0 Å². The highest BCUT2D eigenvalue weighted by Crippen LogP contribution is 2.18. The molecule has 0 aliphatic carbocycles. The first-order valence-corrected chi connectivity index (χ1v) is 6.53. The van der Waals surface area contributed by atoms with E-state index in [2.05, 4.69) is 15.1 Å². The Kier molecular flexibility index (Phi) is 4.68. The van der Waals surface area contributed by atoms with E-state index in [4.69, 9.17) is 9.47 Å². The van der Waals surface area contributed by atoms with E-state index in [0.29, 0.717) is 12.7 Å². The van der Waals surface area contributed by atoms with E-state index in [1.165, 1.54) is 0 Å². The highest BCUT2D eigenvalue weighted by atomic mass is 16.5. The molecule has 2 heterocycles. The van der Waals surface area contributed by atoms with Gasteiger partial charge >= 0.3 is 5.97 Å². The van der Waals surface area contributed by atoms with Gasteiger partial charge in [-0.15, -0.1) is 10.2 Å². The Bertz CT molecular complexity index is 414. The Labute approximate surface area is 112 Å². The molecule has 6 nitrogen and oxygen atoms in total. The average molecular weight is 265 g/mol. The van der Waals surface area contributed by atoms with Crippen LogP contribution in [0, 0.1) is 0 Å². The number of hydrogen-bond acceptors (Lipinski definition) is 6. The number of carbonyl (C=O) groups is 1. The van der Waals surface area contributed by atoms with Gasteiger partial charge in [0, 0.05) is 20.2 Å². The second kappa shape index (κ2) is 6.47. The smallest absolute Gasteiger partial charge is 0.358 e. The molecule has 0 bridgehead atoms. The van der Waals surface area contributed by atoms with E-state index >= 15 is 0 Å². The summed E-state index contributed by atoms with van der Waals surface area (Å²) in [6, 6.07) is 3.47. The zero-order valence-corrected chi connectivity index (χ0v) is 11.3. The summed E-state index contributed by atoms with van der Waals surface area (Å²) in [6.07, 6.45) is 2.30. The van der Waals surface area contributed by atoms with Crippen molar-refractivity contribution < 1.29 is 14.3 Å². The van der Waals surface area contributed by atoms with Crippen molar-refractivity contribution in [2.45, 2.75) is 25.9 Å². The van der Waals surface area contributed by atoms with Crippen molar-refractivity contribution in [2.75, 3.05) is 31.7 Å². The number of aromatic nitrogens is 2. The first-order chi connectivity index (χ1) is 9.24. The van der Waals surface area contributed by atoms with Crippen LogP contribution in [0.25, 0.3) is 0 Å². The Balaban J connectivity index is 1.97. The van der Waals surface area contributed by atoms with E-state index < -0.39 is 5.97 Å². The SMILES string of the molecule is CCOC(=O)c1ccc(N2CCC(OC)CC2)nn1. The maximum Gasteiger partial charge on any atom is 0.358 e. The Morgan fingerprint density at radius 3 is 2.63 bits per heavy atom. The van der Waals surface area contributed by atoms with Crippen molar-refractivity contribution in [1.82, 2.24) is 10.2 Å². The van der Waals surface area contributed by atoms with Crippen LogP contribution >= 0.6 is 0 Å². The number of hydrogen-bond donors (Lipinski definition) is 0. The van der Waals surface area contributed by atoms with Gasteiger partial charge in [-0.25, -0.2) is 4.79 Å². The number of piperidine rings is 1. The molecular weight excluding hydrogens is 246 g/mol. The highest BCUT2D eigenvalue weighted by Gasteiger charge is 2.20. The van der Waals surface area contributed by atoms with Crippen LogP contribution in [0.5, 0.6) is 0 Å². The normalized spacial score (nSPS) is 16.4. The first-order valence-electron chi connectivity index (χ1n) is 6.53. The zero-order chi connectivity index (χ0) is 13.7. The van der Waals surface area contributed by atoms with Gasteiger partial charge in [0.25, 0.3) is 0 Å². The summed E-state index contributed by atoms with van der Waals surface area (Å²) in [5.41, 5.74) is 0.248. The summed E-state index contributed by atoms with van der Waals surface area (Å²) < 4.78 is 10.2. The number of nitrogens with zero attached hydrogens (tertiary/aromatic N) is 3. The second-order valence-electron chi connectivity index (χ2n) is 4.42. The molecule has 2 rings (SSSR count). The van der Waals surface area contributed by atoms with Gasteiger partial charge in [-0.3, -0.25) is 0 Å². The molecule has 0 aromatic carbocycles. The molecule has 1 fully saturated rings. The summed E-state index contributed by atoms with van der Waals surface area (Å²) in [5, 5.41) is 8.00. The van der Waals surface area contributed by atoms with E-state index in [1.807, 2.05) is 6.07 Å². The molecule has 0 radical (unpaired) electrons. The summed E-state index contributed by atoms with van der Waals surface area (Å²) >= 11 is 0. The predicted molar refractivity (Wildman–Crippen MR) is 70.2 cm³/mol. The van der Waals surface area contributed by atoms with Crippen molar-refractivity contribution in [3.05, 3.63) is 17.8 Å². The maximum absolute atomic E-state index is 11.5. The van der Waals surface area contributed by atoms with Crippen molar-refractivity contribution in [3.8, 4) is 0 Å². The van der Waals surface area contributed by atoms with Crippen LogP contribution in [0.15, 0.2) is 12.1 Å². The fourth-order valence-corrected chi connectivity index (χ4v) is 2.13. The summed E-state index contributed by atoms with van der Waals surface area (Å²) in [6.45, 7) is 3.89. The molecule has 6 heteroatoms. The maximum atomic E-state index is 11.5. The molecule has 0 atom stereocenters. The molecule has 1 aliphatic heterocycles. The number of anilines is 1. The number of ether oxygens (including phenoxy) is 2. The molecular formula is C13H19N3O3. The second-order valence-corrected chi connectivity index (χ2v) is 4.42. The molecule has 1 aliphatic rings. The molecule has 1 saturated heterocycles. The van der Waals surface area contributed by atoms with Crippen LogP contribution in [-0.2, 0) is 9.47 Å². The third kappa shape index (κ3) is 3.41. The predicted octanol–water partition coefficient (Wildman–Crippen LogP) is 1.27. The van der Waals surface area contributed by atoms with Crippen molar-refractivity contribution in [3.63, 3.8) is 0 Å². The Morgan fingerprint density at radius 1 is 1.37 bits per heavy atom. The number of methoxy groups -OCH3 is 1. The van der Waals surface area contributed by atoms with E-state index in [-0.39, 0.29) is 5.69 Å². The standard InChI is InChI=1S/C13H19N3O3/c1-3-19-13(17)11-4-5-12(15-14-11)16-8-6-10(18-2)7-9-16/h4-5,10H,3,6-9H2,1-2H3. The van der Waals surface area contributed by atoms with E-state index in [9.17, 15) is 4.79 Å². The lowest BCUT2D eigenvalue weighted by molar-refractivity contribution is 0.0518. The molecule has 0 amide bonds. The molecule has 19 heavy (non-hydrogen) atoms. The third-order valence-corrected chi connectivity index (χ3v) is 3.23. The number of carbonyl (C=O) groups excluding carboxylic acids is 1. The van der Waals surface area contributed by atoms with E-state index in [1.54, 1.807) is 20.1 Å². The van der Waals surface area contributed by atoms with Crippen LogP contribution in [0.4, 0.5) is 5.82 Å². The monoisotopic (exact) mass is 265 g/mol. The first kappa shape index (κ1) is 13.7. The van der Waals surface area contributed by atoms with Crippen molar-refractivity contribution >= 4 is 11.8 Å². The fraction of sp³-hybridized carbons (Fsp3) is 0.615. The third-order valence-electron chi connectivity index (χ3n) is 3.23. The molecule has 104 valence electrons. The lowest BCUT2D eigenvalue weighted by Gasteiger charge is -2.31. The van der Waals surface area contributed by atoms with Crippen molar-refractivity contribution in [2.24, 2.45) is 0 Å². The van der Waals surface area contributed by atoms with E-state index in [0.717, 1.165) is 31.7 Å². The minimum atomic E-state index is -0.431. The van der Waals surface area contributed by atoms with Gasteiger partial charge in [0.05, 0.1) is 12.7 Å². The Morgan fingerprint density at radius 2 is 2.11 bits per heavy atom. The number of esters is 1. The average Bonchev–Trinajstić information content (AvgIpc) is 2.48. The van der Waals surface area contributed by atoms with Gasteiger partial charge in [0.1, 0.15) is 0 Å². The molecule has 0 saturated carbocycles. The summed E-state index contributed by atoms with van der Waals surface area (Å²) in [4.78, 5) is 13.6. The summed E-state index contributed by atoms with van der Waals surface area (Å²) in [7, 11) is 1.74. The van der Waals surface area contributed by atoms with Crippen LogP contribution in [0.2, 0.25) is 0 Å². The van der Waals surface area contributed by atoms with Crippen LogP contribution in [0.3, 0.4) is 0 Å². The lowest BCUT2D eigenvalue weighted by Crippen LogP contribution is -2.37. The fourth-order valence-electron chi connectivity index (χ4n) is 2.13.